The van der Waals surface area contributed by atoms with Crippen LogP contribution in [0.5, 0.6) is 11.5 Å². The maximum atomic E-state index is 13.1. The topological polar surface area (TPSA) is 95.0 Å². The second-order valence-electron chi connectivity index (χ2n) is 8.87. The molecule has 2 amide bonds. The highest BCUT2D eigenvalue weighted by Crippen LogP contribution is 2.42. The van der Waals surface area contributed by atoms with E-state index in [2.05, 4.69) is 0 Å². The summed E-state index contributed by atoms with van der Waals surface area (Å²) < 4.78 is 17.6. The van der Waals surface area contributed by atoms with Crippen molar-refractivity contribution in [3.63, 3.8) is 0 Å². The van der Waals surface area contributed by atoms with Gasteiger partial charge in [0.25, 0.3) is 0 Å². The third-order valence-electron chi connectivity index (χ3n) is 6.70. The molecule has 4 rings (SSSR count). The van der Waals surface area contributed by atoms with Gasteiger partial charge in [0.15, 0.2) is 0 Å². The van der Waals surface area contributed by atoms with Crippen LogP contribution in [-0.4, -0.2) is 43.5 Å². The van der Waals surface area contributed by atoms with E-state index < -0.39 is 0 Å². The van der Waals surface area contributed by atoms with Gasteiger partial charge in [0, 0.05) is 52.7 Å². The Hall–Kier alpha value is -3.74. The minimum absolute atomic E-state index is 0.0808. The van der Waals surface area contributed by atoms with Crippen molar-refractivity contribution < 1.29 is 23.5 Å². The van der Waals surface area contributed by atoms with Gasteiger partial charge < -0.3 is 24.5 Å². The number of allylic oxidation sites excluding steroid dienone is 1. The molecular weight excluding hydrogens is 444 g/mol. The highest BCUT2D eigenvalue weighted by atomic mass is 16.5. The summed E-state index contributed by atoms with van der Waals surface area (Å²) in [4.78, 5) is 26.3. The summed E-state index contributed by atoms with van der Waals surface area (Å²) in [5.74, 6) is 0.927. The zero-order chi connectivity index (χ0) is 25.1. The largest absolute Gasteiger partial charge is 0.496 e. The molecular formula is C28H32N2O5. The lowest BCUT2D eigenvalue weighted by molar-refractivity contribution is -0.130. The molecule has 0 saturated carbocycles. The molecule has 2 aromatic carbocycles. The molecule has 0 radical (unpaired) electrons. The number of rotatable bonds is 7. The Kier molecular flexibility index (Phi) is 7.15. The van der Waals surface area contributed by atoms with Crippen molar-refractivity contribution in [2.24, 2.45) is 11.7 Å². The summed E-state index contributed by atoms with van der Waals surface area (Å²) in [6.45, 7) is 7.35. The summed E-state index contributed by atoms with van der Waals surface area (Å²) in [7, 11) is 1.65. The Bertz CT molecular complexity index is 1280. The molecule has 7 nitrogen and oxygen atoms in total. The summed E-state index contributed by atoms with van der Waals surface area (Å²) in [6.07, 6.45) is 4.58. The number of benzene rings is 2. The van der Waals surface area contributed by atoms with Crippen LogP contribution in [0.15, 0.2) is 47.1 Å². The van der Waals surface area contributed by atoms with Crippen LogP contribution in [0, 0.1) is 12.8 Å². The minimum Gasteiger partial charge on any atom is -0.496 e. The predicted molar refractivity (Wildman–Crippen MR) is 136 cm³/mol. The molecule has 1 aliphatic rings. The first-order valence-corrected chi connectivity index (χ1v) is 11.9. The van der Waals surface area contributed by atoms with Gasteiger partial charge in [-0.15, -0.1) is 0 Å². The number of carbonyl (C=O) groups excluding carboxylic acids is 2. The second-order valence-corrected chi connectivity index (χ2v) is 8.87. The fraction of sp³-hybridized carbons (Fsp3) is 0.357. The number of piperidine rings is 1. The smallest absolute Gasteiger partial charge is 0.246 e. The van der Waals surface area contributed by atoms with Gasteiger partial charge in [-0.05, 0) is 51.3 Å². The van der Waals surface area contributed by atoms with E-state index in [1.165, 1.54) is 0 Å². The Balaban J connectivity index is 1.75. The van der Waals surface area contributed by atoms with Crippen LogP contribution >= 0.6 is 0 Å². The molecule has 184 valence electrons. The molecule has 35 heavy (non-hydrogen) atoms. The van der Waals surface area contributed by atoms with Crippen molar-refractivity contribution in [3.05, 3.63) is 53.8 Å². The fourth-order valence-electron chi connectivity index (χ4n) is 4.75. The zero-order valence-electron chi connectivity index (χ0n) is 20.7. The number of furan rings is 1. The summed E-state index contributed by atoms with van der Waals surface area (Å²) in [5, 5.41) is 0.924. The Morgan fingerprint density at radius 3 is 2.57 bits per heavy atom. The van der Waals surface area contributed by atoms with E-state index in [0.29, 0.717) is 38.3 Å². The van der Waals surface area contributed by atoms with Gasteiger partial charge >= 0.3 is 0 Å². The molecule has 2 heterocycles. The van der Waals surface area contributed by atoms with Crippen LogP contribution < -0.4 is 15.2 Å². The lowest BCUT2D eigenvalue weighted by atomic mass is 9.95. The van der Waals surface area contributed by atoms with Gasteiger partial charge in [0.2, 0.25) is 11.8 Å². The number of primary amides is 1. The molecule has 0 spiro atoms. The maximum absolute atomic E-state index is 13.1. The SMILES string of the molecule is CCOc1c(/C(C)=C/C(=O)N2CCC(C(N)=O)CC2)cc2c(-c3ccccc3OC)coc2c1C. The van der Waals surface area contributed by atoms with Crippen molar-refractivity contribution in [2.75, 3.05) is 26.8 Å². The number of hydrogen-bond acceptors (Lipinski definition) is 5. The first-order valence-electron chi connectivity index (χ1n) is 11.9. The number of ether oxygens (including phenoxy) is 2. The van der Waals surface area contributed by atoms with E-state index in [4.69, 9.17) is 19.6 Å². The number of nitrogens with two attached hydrogens (primary N) is 1. The van der Waals surface area contributed by atoms with Gasteiger partial charge in [-0.3, -0.25) is 9.59 Å². The zero-order valence-corrected chi connectivity index (χ0v) is 20.7. The molecule has 3 aromatic rings. The highest BCUT2D eigenvalue weighted by Gasteiger charge is 2.26. The van der Waals surface area contributed by atoms with E-state index in [1.807, 2.05) is 51.1 Å². The van der Waals surface area contributed by atoms with Crippen molar-refractivity contribution in [1.82, 2.24) is 4.90 Å². The van der Waals surface area contributed by atoms with Crippen molar-refractivity contribution in [2.45, 2.75) is 33.6 Å². The molecule has 1 aromatic heterocycles. The van der Waals surface area contributed by atoms with Crippen molar-refractivity contribution in [1.29, 1.82) is 0 Å². The van der Waals surface area contributed by atoms with Crippen LogP contribution in [0.25, 0.3) is 27.7 Å². The number of carbonyl (C=O) groups is 2. The lowest BCUT2D eigenvalue weighted by Gasteiger charge is -2.30. The average Bonchev–Trinajstić information content (AvgIpc) is 3.29. The number of aryl methyl sites for hydroxylation is 1. The van der Waals surface area contributed by atoms with Crippen LogP contribution in [0.2, 0.25) is 0 Å². The number of para-hydroxylation sites is 1. The van der Waals surface area contributed by atoms with Crippen molar-refractivity contribution >= 4 is 28.4 Å². The Labute approximate surface area is 205 Å². The number of amides is 2. The predicted octanol–water partition coefficient (Wildman–Crippen LogP) is 4.94. The lowest BCUT2D eigenvalue weighted by Crippen LogP contribution is -2.41. The van der Waals surface area contributed by atoms with Crippen LogP contribution in [-0.2, 0) is 9.59 Å². The number of methoxy groups -OCH3 is 1. The first-order chi connectivity index (χ1) is 16.8. The molecule has 0 atom stereocenters. The standard InChI is InChI=1S/C28H32N2O5/c1-5-34-26-18(3)27-22(23(16-35-27)20-8-6-7-9-24(20)33-4)15-21(26)17(2)14-25(31)30-12-10-19(11-13-30)28(29)32/h6-9,14-16,19H,5,10-13H2,1-4H3,(H2,29,32)/b17-14+. The molecule has 1 saturated heterocycles. The summed E-state index contributed by atoms with van der Waals surface area (Å²) >= 11 is 0. The van der Waals surface area contributed by atoms with Gasteiger partial charge in [-0.25, -0.2) is 0 Å². The average molecular weight is 477 g/mol. The van der Waals surface area contributed by atoms with E-state index >= 15 is 0 Å². The molecule has 2 N–H and O–H groups in total. The van der Waals surface area contributed by atoms with Gasteiger partial charge in [-0.2, -0.15) is 0 Å². The molecule has 1 fully saturated rings. The molecule has 0 bridgehead atoms. The quantitative estimate of drug-likeness (QED) is 0.487. The second kappa shape index (κ2) is 10.3. The van der Waals surface area contributed by atoms with E-state index in [0.717, 1.165) is 44.5 Å². The first kappa shape index (κ1) is 24.4. The third-order valence-corrected chi connectivity index (χ3v) is 6.70. The number of hydrogen-bond donors (Lipinski definition) is 1. The van der Waals surface area contributed by atoms with E-state index in [-0.39, 0.29) is 17.7 Å². The monoisotopic (exact) mass is 476 g/mol. The highest BCUT2D eigenvalue weighted by molar-refractivity contribution is 6.02. The third kappa shape index (κ3) is 4.76. The maximum Gasteiger partial charge on any atom is 0.246 e. The van der Waals surface area contributed by atoms with Crippen LogP contribution in [0.3, 0.4) is 0 Å². The molecule has 7 heteroatoms. The summed E-state index contributed by atoms with van der Waals surface area (Å²) in [6, 6.07) is 9.83. The minimum atomic E-state index is -0.292. The van der Waals surface area contributed by atoms with E-state index in [1.54, 1.807) is 24.3 Å². The summed E-state index contributed by atoms with van der Waals surface area (Å²) in [5.41, 5.74) is 10.5. The van der Waals surface area contributed by atoms with Gasteiger partial charge in [0.05, 0.1) is 20.0 Å². The van der Waals surface area contributed by atoms with Gasteiger partial charge in [-0.1, -0.05) is 18.2 Å². The number of fused-ring (bicyclic) bond motifs is 1. The number of likely N-dealkylation sites (tertiary alicyclic amines) is 1. The molecule has 0 unspecified atom stereocenters. The van der Waals surface area contributed by atoms with E-state index in [9.17, 15) is 9.59 Å². The molecule has 0 aliphatic carbocycles. The fourth-order valence-corrected chi connectivity index (χ4v) is 4.75. The normalized spacial score (nSPS) is 14.9. The van der Waals surface area contributed by atoms with Gasteiger partial charge in [0.1, 0.15) is 17.1 Å². The molecule has 1 aliphatic heterocycles. The Morgan fingerprint density at radius 2 is 1.91 bits per heavy atom. The number of nitrogens with zero attached hydrogens (tertiary/aromatic N) is 1. The van der Waals surface area contributed by atoms with Crippen LogP contribution in [0.4, 0.5) is 0 Å². The van der Waals surface area contributed by atoms with Crippen molar-refractivity contribution in [3.8, 4) is 22.6 Å². The van der Waals surface area contributed by atoms with Crippen LogP contribution in [0.1, 0.15) is 37.8 Å². The Morgan fingerprint density at radius 1 is 1.20 bits per heavy atom.